The van der Waals surface area contributed by atoms with Crippen molar-refractivity contribution in [2.75, 3.05) is 6.54 Å². The van der Waals surface area contributed by atoms with Crippen LogP contribution in [0.2, 0.25) is 0 Å². The van der Waals surface area contributed by atoms with Crippen molar-refractivity contribution in [1.29, 1.82) is 0 Å². The van der Waals surface area contributed by atoms with Crippen LogP contribution in [0.25, 0.3) is 10.6 Å². The Morgan fingerprint density at radius 1 is 1.53 bits per heavy atom. The highest BCUT2D eigenvalue weighted by atomic mass is 32.1. The average Bonchev–Trinajstić information content (AvgIpc) is 2.84. The van der Waals surface area contributed by atoms with Gasteiger partial charge in [-0.05, 0) is 31.9 Å². The smallest absolute Gasteiger partial charge is 0.151 e. The number of pyridine rings is 1. The molecule has 1 atom stereocenters. The third-order valence-corrected chi connectivity index (χ3v) is 4.57. The minimum absolute atomic E-state index is 0.298. The zero-order chi connectivity index (χ0) is 13.2. The minimum atomic E-state index is -0.298. The van der Waals surface area contributed by atoms with Crippen LogP contribution >= 0.6 is 11.3 Å². The Balaban J connectivity index is 2.00. The fraction of sp³-hybridized carbons (Fsp3) is 0.429. The Kier molecular flexibility index (Phi) is 3.57. The van der Waals surface area contributed by atoms with E-state index >= 15 is 0 Å². The van der Waals surface area contributed by atoms with E-state index in [0.717, 1.165) is 30.1 Å². The van der Waals surface area contributed by atoms with Gasteiger partial charge in [0.25, 0.3) is 0 Å². The standard InChI is InChI=1S/C14H16FN3S/c1-2-17-11-4-3-5-12-13(11)18-14(19-12)9-6-7-16-8-10(9)15/h6-8,11,17H,2-5H2,1H3. The number of aryl methyl sites for hydroxylation is 1. The minimum Gasteiger partial charge on any atom is -0.309 e. The van der Waals surface area contributed by atoms with Gasteiger partial charge in [-0.1, -0.05) is 6.92 Å². The first-order valence-corrected chi connectivity index (χ1v) is 7.44. The summed E-state index contributed by atoms with van der Waals surface area (Å²) < 4.78 is 13.8. The summed E-state index contributed by atoms with van der Waals surface area (Å²) in [7, 11) is 0. The average molecular weight is 277 g/mol. The van der Waals surface area contributed by atoms with Gasteiger partial charge in [-0.3, -0.25) is 4.98 Å². The maximum atomic E-state index is 13.8. The molecule has 2 aromatic rings. The molecule has 0 aromatic carbocycles. The number of thiazole rings is 1. The van der Waals surface area contributed by atoms with Crippen LogP contribution in [0.4, 0.5) is 4.39 Å². The molecule has 3 rings (SSSR count). The molecule has 0 radical (unpaired) electrons. The van der Waals surface area contributed by atoms with Gasteiger partial charge in [-0.2, -0.15) is 0 Å². The number of hydrogen-bond acceptors (Lipinski definition) is 4. The van der Waals surface area contributed by atoms with Gasteiger partial charge in [0.2, 0.25) is 0 Å². The van der Waals surface area contributed by atoms with Crippen LogP contribution in [-0.4, -0.2) is 16.5 Å². The number of aromatic nitrogens is 2. The first kappa shape index (κ1) is 12.7. The van der Waals surface area contributed by atoms with E-state index < -0.39 is 0 Å². The first-order chi connectivity index (χ1) is 9.29. The summed E-state index contributed by atoms with van der Waals surface area (Å²) in [5, 5.41) is 4.23. The largest absolute Gasteiger partial charge is 0.309 e. The summed E-state index contributed by atoms with van der Waals surface area (Å²) in [6.45, 7) is 3.03. The monoisotopic (exact) mass is 277 g/mol. The second kappa shape index (κ2) is 5.35. The molecule has 0 saturated carbocycles. The summed E-state index contributed by atoms with van der Waals surface area (Å²) in [6.07, 6.45) is 6.20. The van der Waals surface area contributed by atoms with Crippen molar-refractivity contribution in [3.63, 3.8) is 0 Å². The van der Waals surface area contributed by atoms with Crippen LogP contribution in [-0.2, 0) is 6.42 Å². The summed E-state index contributed by atoms with van der Waals surface area (Å²) in [6, 6.07) is 2.02. The van der Waals surface area contributed by atoms with E-state index in [1.54, 1.807) is 23.6 Å². The zero-order valence-electron chi connectivity index (χ0n) is 10.8. The molecule has 0 spiro atoms. The lowest BCUT2D eigenvalue weighted by Crippen LogP contribution is -2.24. The van der Waals surface area contributed by atoms with Gasteiger partial charge < -0.3 is 5.32 Å². The van der Waals surface area contributed by atoms with E-state index in [2.05, 4.69) is 22.2 Å². The fourth-order valence-electron chi connectivity index (χ4n) is 2.53. The topological polar surface area (TPSA) is 37.8 Å². The molecular weight excluding hydrogens is 261 g/mol. The molecule has 2 heterocycles. The van der Waals surface area contributed by atoms with Gasteiger partial charge >= 0.3 is 0 Å². The normalized spacial score (nSPS) is 18.3. The van der Waals surface area contributed by atoms with Crippen molar-refractivity contribution in [1.82, 2.24) is 15.3 Å². The summed E-state index contributed by atoms with van der Waals surface area (Å²) in [5.74, 6) is -0.298. The summed E-state index contributed by atoms with van der Waals surface area (Å²) in [5.41, 5.74) is 1.67. The molecule has 2 aromatic heterocycles. The van der Waals surface area contributed by atoms with Crippen LogP contribution in [0.1, 0.15) is 36.4 Å². The summed E-state index contributed by atoms with van der Waals surface area (Å²) in [4.78, 5) is 9.75. The Morgan fingerprint density at radius 3 is 3.21 bits per heavy atom. The maximum Gasteiger partial charge on any atom is 0.151 e. The van der Waals surface area contributed by atoms with Gasteiger partial charge in [0.15, 0.2) is 5.82 Å². The second-order valence-corrected chi connectivity index (χ2v) is 5.77. The van der Waals surface area contributed by atoms with E-state index in [1.165, 1.54) is 17.5 Å². The van der Waals surface area contributed by atoms with E-state index in [-0.39, 0.29) is 5.82 Å². The third-order valence-electron chi connectivity index (χ3n) is 3.41. The molecule has 0 bridgehead atoms. The van der Waals surface area contributed by atoms with Crippen molar-refractivity contribution < 1.29 is 4.39 Å². The van der Waals surface area contributed by atoms with Crippen molar-refractivity contribution in [3.8, 4) is 10.6 Å². The maximum absolute atomic E-state index is 13.8. The lowest BCUT2D eigenvalue weighted by molar-refractivity contribution is 0.465. The molecule has 19 heavy (non-hydrogen) atoms. The highest BCUT2D eigenvalue weighted by Gasteiger charge is 2.24. The molecule has 0 amide bonds. The molecule has 1 N–H and O–H groups in total. The predicted molar refractivity (Wildman–Crippen MR) is 74.7 cm³/mol. The molecular formula is C14H16FN3S. The number of nitrogens with zero attached hydrogens (tertiary/aromatic N) is 2. The number of rotatable bonds is 3. The van der Waals surface area contributed by atoms with E-state index in [4.69, 9.17) is 0 Å². The molecule has 0 aliphatic heterocycles. The predicted octanol–water partition coefficient (Wildman–Crippen LogP) is 3.33. The molecule has 1 unspecified atom stereocenters. The van der Waals surface area contributed by atoms with Crippen LogP contribution in [0.3, 0.4) is 0 Å². The zero-order valence-corrected chi connectivity index (χ0v) is 11.6. The van der Waals surface area contributed by atoms with Crippen molar-refractivity contribution in [2.24, 2.45) is 0 Å². The molecule has 1 aliphatic carbocycles. The Labute approximate surface area is 115 Å². The van der Waals surface area contributed by atoms with Gasteiger partial charge in [-0.25, -0.2) is 9.37 Å². The molecule has 3 nitrogen and oxygen atoms in total. The molecule has 0 fully saturated rings. The summed E-state index contributed by atoms with van der Waals surface area (Å²) >= 11 is 1.61. The molecule has 100 valence electrons. The quantitative estimate of drug-likeness (QED) is 0.935. The van der Waals surface area contributed by atoms with Gasteiger partial charge in [-0.15, -0.1) is 11.3 Å². The number of nitrogens with one attached hydrogen (secondary N) is 1. The van der Waals surface area contributed by atoms with Crippen molar-refractivity contribution >= 4 is 11.3 Å². The number of halogens is 1. The van der Waals surface area contributed by atoms with Crippen LogP contribution < -0.4 is 5.32 Å². The Morgan fingerprint density at radius 2 is 2.42 bits per heavy atom. The first-order valence-electron chi connectivity index (χ1n) is 6.62. The number of fused-ring (bicyclic) bond motifs is 1. The van der Waals surface area contributed by atoms with Crippen molar-refractivity contribution in [2.45, 2.75) is 32.2 Å². The highest BCUT2D eigenvalue weighted by Crippen LogP contribution is 2.37. The Bertz CT molecular complexity index is 582. The van der Waals surface area contributed by atoms with Gasteiger partial charge in [0, 0.05) is 16.6 Å². The van der Waals surface area contributed by atoms with E-state index in [9.17, 15) is 4.39 Å². The molecule has 5 heteroatoms. The third kappa shape index (κ3) is 2.40. The van der Waals surface area contributed by atoms with Crippen LogP contribution in [0.15, 0.2) is 18.5 Å². The highest BCUT2D eigenvalue weighted by molar-refractivity contribution is 7.15. The van der Waals surface area contributed by atoms with Gasteiger partial charge in [0.05, 0.1) is 17.9 Å². The van der Waals surface area contributed by atoms with Crippen LogP contribution in [0, 0.1) is 5.82 Å². The number of hydrogen-bond donors (Lipinski definition) is 1. The van der Waals surface area contributed by atoms with Gasteiger partial charge in [0.1, 0.15) is 5.01 Å². The lowest BCUT2D eigenvalue weighted by Gasteiger charge is -2.21. The SMILES string of the molecule is CCNC1CCCc2sc(-c3ccncc3F)nc21. The second-order valence-electron chi connectivity index (χ2n) is 4.69. The van der Waals surface area contributed by atoms with Crippen molar-refractivity contribution in [3.05, 3.63) is 34.8 Å². The van der Waals surface area contributed by atoms with Crippen LogP contribution in [0.5, 0.6) is 0 Å². The van der Waals surface area contributed by atoms with E-state index in [0.29, 0.717) is 11.6 Å². The molecule has 1 aliphatic rings. The fourth-order valence-corrected chi connectivity index (χ4v) is 3.72. The Hall–Kier alpha value is -1.33. The molecule has 0 saturated heterocycles. The lowest BCUT2D eigenvalue weighted by atomic mass is 9.98. The van der Waals surface area contributed by atoms with E-state index in [1.807, 2.05) is 0 Å².